The maximum absolute atomic E-state index is 14.7. The predicted molar refractivity (Wildman–Crippen MR) is 138 cm³/mol. The van der Waals surface area contributed by atoms with Gasteiger partial charge in [-0.1, -0.05) is 42.5 Å². The van der Waals surface area contributed by atoms with Gasteiger partial charge in [-0.25, -0.2) is 18.4 Å². The number of carbonyl (C=O) groups excluding carboxylic acids is 2. The zero-order valence-corrected chi connectivity index (χ0v) is 21.1. The fraction of sp³-hybridized carbons (Fsp3) is 0.333. The Morgan fingerprint density at radius 3 is 2.29 bits per heavy atom. The molecule has 198 valence electrons. The summed E-state index contributed by atoms with van der Waals surface area (Å²) in [5.41, 5.74) is 1.29. The van der Waals surface area contributed by atoms with Crippen LogP contribution in [0.4, 0.5) is 19.3 Å². The molecule has 3 aromatic carbocycles. The molecule has 3 heterocycles. The van der Waals surface area contributed by atoms with Crippen LogP contribution < -0.4 is 4.90 Å². The third-order valence-corrected chi connectivity index (χ3v) is 7.72. The fourth-order valence-corrected chi connectivity index (χ4v) is 5.54. The van der Waals surface area contributed by atoms with Crippen molar-refractivity contribution in [3.8, 4) is 0 Å². The van der Waals surface area contributed by atoms with Gasteiger partial charge in [0.05, 0.1) is 30.9 Å². The number of quaternary nitrogens is 1. The van der Waals surface area contributed by atoms with Crippen molar-refractivity contribution in [2.75, 3.05) is 37.7 Å². The molecule has 6 rings (SSSR count). The molecule has 3 aromatic rings. The fourth-order valence-electron chi connectivity index (χ4n) is 5.54. The molecule has 1 unspecified atom stereocenters. The second kappa shape index (κ2) is 11.3. The number of halogens is 2. The van der Waals surface area contributed by atoms with Gasteiger partial charge in [0.15, 0.2) is 6.10 Å². The second-order valence-electron chi connectivity index (χ2n) is 10.1. The van der Waals surface area contributed by atoms with Crippen molar-refractivity contribution >= 4 is 17.7 Å². The van der Waals surface area contributed by atoms with Crippen LogP contribution >= 0.6 is 0 Å². The van der Waals surface area contributed by atoms with Crippen LogP contribution in [-0.4, -0.2) is 55.4 Å². The number of amides is 1. The predicted octanol–water partition coefficient (Wildman–Crippen LogP) is 5.57. The summed E-state index contributed by atoms with van der Waals surface area (Å²) < 4.78 is 40.4. The van der Waals surface area contributed by atoms with Crippen LogP contribution in [0.25, 0.3) is 0 Å². The Kier molecular flexibility index (Phi) is 7.69. The van der Waals surface area contributed by atoms with Crippen LogP contribution in [0.3, 0.4) is 0 Å². The van der Waals surface area contributed by atoms with Crippen LogP contribution in [0, 0.1) is 17.6 Å². The molecule has 0 N–H and O–H groups in total. The van der Waals surface area contributed by atoms with E-state index in [4.69, 9.17) is 9.47 Å². The third kappa shape index (κ3) is 5.86. The molecule has 3 aliphatic heterocycles. The van der Waals surface area contributed by atoms with Crippen LogP contribution in [0.1, 0.15) is 28.8 Å². The van der Waals surface area contributed by atoms with Crippen molar-refractivity contribution in [2.45, 2.75) is 25.5 Å². The Hall–Kier alpha value is -3.78. The van der Waals surface area contributed by atoms with Crippen molar-refractivity contribution in [1.82, 2.24) is 0 Å². The van der Waals surface area contributed by atoms with E-state index >= 15 is 0 Å². The highest BCUT2D eigenvalue weighted by atomic mass is 19.1. The SMILES string of the molecule is O=C(OCC[N+]12CCC(CC1)C(OC(=O)N(Cc1ccc(F)cc1)c1ccccc1F)C2)c1ccccc1. The van der Waals surface area contributed by atoms with Gasteiger partial charge < -0.3 is 14.0 Å². The number of hydrogen-bond donors (Lipinski definition) is 0. The Morgan fingerprint density at radius 2 is 1.58 bits per heavy atom. The van der Waals surface area contributed by atoms with Crippen LogP contribution in [0.15, 0.2) is 78.9 Å². The van der Waals surface area contributed by atoms with E-state index in [9.17, 15) is 18.4 Å². The highest BCUT2D eigenvalue weighted by Gasteiger charge is 2.48. The minimum absolute atomic E-state index is 0.0485. The number of rotatable bonds is 8. The molecule has 38 heavy (non-hydrogen) atoms. The number of ether oxygens (including phenoxy) is 2. The second-order valence-corrected chi connectivity index (χ2v) is 10.1. The van der Waals surface area contributed by atoms with Gasteiger partial charge in [0.25, 0.3) is 0 Å². The summed E-state index contributed by atoms with van der Waals surface area (Å²) in [5.74, 6) is -1.03. The number of benzene rings is 3. The highest BCUT2D eigenvalue weighted by Crippen LogP contribution is 2.36. The number of hydrogen-bond acceptors (Lipinski definition) is 4. The quantitative estimate of drug-likeness (QED) is 0.287. The van der Waals surface area contributed by atoms with Gasteiger partial charge >= 0.3 is 12.1 Å². The molecule has 2 bridgehead atoms. The highest BCUT2D eigenvalue weighted by molar-refractivity contribution is 5.89. The molecule has 0 aliphatic carbocycles. The largest absolute Gasteiger partial charge is 0.456 e. The van der Waals surface area contributed by atoms with Gasteiger partial charge in [0.1, 0.15) is 31.3 Å². The van der Waals surface area contributed by atoms with E-state index in [1.54, 1.807) is 48.5 Å². The summed E-state index contributed by atoms with van der Waals surface area (Å²) in [6.45, 7) is 3.48. The maximum atomic E-state index is 14.7. The number of piperidine rings is 3. The van der Waals surface area contributed by atoms with Gasteiger partial charge in [-0.05, 0) is 42.0 Å². The molecule has 0 saturated carbocycles. The number of carbonyl (C=O) groups is 2. The number of esters is 1. The number of para-hydroxylation sites is 1. The first-order chi connectivity index (χ1) is 18.4. The first-order valence-electron chi connectivity index (χ1n) is 13.0. The first-order valence-corrected chi connectivity index (χ1v) is 13.0. The lowest BCUT2D eigenvalue weighted by Gasteiger charge is -2.52. The molecule has 3 saturated heterocycles. The van der Waals surface area contributed by atoms with Gasteiger partial charge in [-0.2, -0.15) is 0 Å². The van der Waals surface area contributed by atoms with E-state index in [1.165, 1.54) is 29.2 Å². The minimum atomic E-state index is -0.633. The summed E-state index contributed by atoms with van der Waals surface area (Å²) in [5, 5.41) is 0. The van der Waals surface area contributed by atoms with Crippen molar-refractivity contribution < 1.29 is 32.3 Å². The zero-order valence-electron chi connectivity index (χ0n) is 21.1. The Balaban J connectivity index is 1.25. The lowest BCUT2D eigenvalue weighted by molar-refractivity contribution is -0.946. The standard InChI is InChI=1S/C30H31F2N2O4/c31-25-12-10-22(11-13-25)20-33(27-9-5-4-8-26(27)32)30(36)38-28-21-34(16-14-23(28)15-17-34)18-19-37-29(35)24-6-2-1-3-7-24/h1-13,23,28H,14-21H2/q+1. The molecule has 0 spiro atoms. The van der Waals surface area contributed by atoms with E-state index in [-0.39, 0.29) is 42.6 Å². The van der Waals surface area contributed by atoms with Gasteiger partial charge in [0, 0.05) is 18.8 Å². The van der Waals surface area contributed by atoms with Crippen molar-refractivity contribution in [3.05, 3.63) is 102 Å². The molecule has 1 atom stereocenters. The molecule has 3 fully saturated rings. The Bertz CT molecular complexity index is 1260. The molecule has 8 heteroatoms. The summed E-state index contributed by atoms with van der Waals surface area (Å²) >= 11 is 0. The van der Waals surface area contributed by atoms with Gasteiger partial charge in [-0.15, -0.1) is 0 Å². The molecular formula is C30H31F2N2O4+. The smallest absolute Gasteiger partial charge is 0.415 e. The van der Waals surface area contributed by atoms with Crippen molar-refractivity contribution in [1.29, 1.82) is 0 Å². The van der Waals surface area contributed by atoms with Gasteiger partial charge in [0.2, 0.25) is 0 Å². The van der Waals surface area contributed by atoms with E-state index in [1.807, 2.05) is 6.07 Å². The minimum Gasteiger partial charge on any atom is -0.456 e. The molecular weight excluding hydrogens is 490 g/mol. The zero-order chi connectivity index (χ0) is 26.5. The maximum Gasteiger partial charge on any atom is 0.415 e. The van der Waals surface area contributed by atoms with Crippen molar-refractivity contribution in [2.24, 2.45) is 5.92 Å². The van der Waals surface area contributed by atoms with Crippen LogP contribution in [0.2, 0.25) is 0 Å². The number of anilines is 1. The third-order valence-electron chi connectivity index (χ3n) is 7.72. The first kappa shape index (κ1) is 25.9. The molecule has 0 radical (unpaired) electrons. The molecule has 1 amide bonds. The lowest BCUT2D eigenvalue weighted by atomic mass is 9.83. The monoisotopic (exact) mass is 521 g/mol. The number of fused-ring (bicyclic) bond motifs is 3. The number of nitrogens with zero attached hydrogens (tertiary/aromatic N) is 2. The summed E-state index contributed by atoms with van der Waals surface area (Å²) in [6, 6.07) is 20.7. The summed E-state index contributed by atoms with van der Waals surface area (Å²) in [4.78, 5) is 27.1. The van der Waals surface area contributed by atoms with E-state index in [0.29, 0.717) is 28.7 Å². The van der Waals surface area contributed by atoms with E-state index in [0.717, 1.165) is 25.9 Å². The lowest BCUT2D eigenvalue weighted by Crippen LogP contribution is -2.65. The Labute approximate surface area is 221 Å². The van der Waals surface area contributed by atoms with E-state index < -0.39 is 11.9 Å². The molecule has 3 aliphatic rings. The Morgan fingerprint density at radius 1 is 0.895 bits per heavy atom. The van der Waals surface area contributed by atoms with Crippen LogP contribution in [0.5, 0.6) is 0 Å². The van der Waals surface area contributed by atoms with Crippen molar-refractivity contribution in [3.63, 3.8) is 0 Å². The van der Waals surface area contributed by atoms with E-state index in [2.05, 4.69) is 0 Å². The topological polar surface area (TPSA) is 55.8 Å². The molecule has 6 nitrogen and oxygen atoms in total. The summed E-state index contributed by atoms with van der Waals surface area (Å²) in [6.07, 6.45) is 0.856. The van der Waals surface area contributed by atoms with Crippen LogP contribution in [-0.2, 0) is 16.0 Å². The normalized spacial score (nSPS) is 22.1. The van der Waals surface area contributed by atoms with Gasteiger partial charge in [-0.3, -0.25) is 4.90 Å². The average Bonchev–Trinajstić information content (AvgIpc) is 2.94. The summed E-state index contributed by atoms with van der Waals surface area (Å²) in [7, 11) is 0. The average molecular weight is 522 g/mol. The molecule has 0 aromatic heterocycles.